The van der Waals surface area contributed by atoms with Gasteiger partial charge < -0.3 is 24.8 Å². The van der Waals surface area contributed by atoms with E-state index < -0.39 is 17.5 Å². The Morgan fingerprint density at radius 2 is 1.88 bits per heavy atom. The van der Waals surface area contributed by atoms with Gasteiger partial charge in [0.05, 0.1) is 19.3 Å². The van der Waals surface area contributed by atoms with Crippen molar-refractivity contribution in [1.82, 2.24) is 24.5 Å². The van der Waals surface area contributed by atoms with Crippen molar-refractivity contribution in [3.05, 3.63) is 71.7 Å². The van der Waals surface area contributed by atoms with Crippen LogP contribution in [0, 0.1) is 11.6 Å². The Bertz CT molecular complexity index is 1550. The molecule has 1 aromatic carbocycles. The summed E-state index contributed by atoms with van der Waals surface area (Å²) in [6, 6.07) is 6.74. The number of hydrogen-bond donors (Lipinski definition) is 1. The lowest BCUT2D eigenvalue weighted by Crippen LogP contribution is -2.44. The molecule has 1 N–H and O–H groups in total. The number of nitrogens with zero attached hydrogens (tertiary/aromatic N) is 7. The number of fused-ring (bicyclic) bond motifs is 1. The number of aromatic nitrogens is 4. The Balaban J connectivity index is 1.25. The van der Waals surface area contributed by atoms with Crippen molar-refractivity contribution in [2.45, 2.75) is 18.9 Å². The number of piperazine rings is 1. The van der Waals surface area contributed by atoms with E-state index in [2.05, 4.69) is 32.2 Å². The lowest BCUT2D eigenvalue weighted by molar-refractivity contribution is 0.102. The monoisotopic (exact) mass is 548 g/mol. The molecule has 2 aliphatic heterocycles. The zero-order valence-corrected chi connectivity index (χ0v) is 22.3. The average Bonchev–Trinajstić information content (AvgIpc) is 3.61. The van der Waals surface area contributed by atoms with Crippen LogP contribution in [0.3, 0.4) is 0 Å². The maximum absolute atomic E-state index is 14.6. The molecule has 1 atom stereocenters. The van der Waals surface area contributed by atoms with Gasteiger partial charge in [-0.3, -0.25) is 4.79 Å². The van der Waals surface area contributed by atoms with Crippen LogP contribution < -0.4 is 19.9 Å². The third kappa shape index (κ3) is 4.90. The number of ether oxygens (including phenoxy) is 1. The summed E-state index contributed by atoms with van der Waals surface area (Å²) in [7, 11) is 3.61. The number of rotatable bonds is 6. The fraction of sp³-hybridized carbons (Fsp3) is 0.357. The van der Waals surface area contributed by atoms with Crippen molar-refractivity contribution in [1.29, 1.82) is 0 Å². The van der Waals surface area contributed by atoms with Crippen LogP contribution in [0.1, 0.15) is 34.8 Å². The Hall–Kier alpha value is -4.32. The van der Waals surface area contributed by atoms with Crippen LogP contribution in [0.4, 0.5) is 26.1 Å². The van der Waals surface area contributed by atoms with Crippen LogP contribution in [0.15, 0.2) is 48.9 Å². The van der Waals surface area contributed by atoms with Crippen molar-refractivity contribution in [2.24, 2.45) is 0 Å². The minimum absolute atomic E-state index is 0.289. The summed E-state index contributed by atoms with van der Waals surface area (Å²) in [5, 5.41) is 7.20. The zero-order valence-electron chi connectivity index (χ0n) is 22.3. The lowest BCUT2D eigenvalue weighted by atomic mass is 10.0. The molecule has 4 aromatic rings. The molecule has 0 bridgehead atoms. The van der Waals surface area contributed by atoms with Crippen LogP contribution in [-0.2, 0) is 0 Å². The number of anilines is 3. The molecule has 40 heavy (non-hydrogen) atoms. The summed E-state index contributed by atoms with van der Waals surface area (Å²) in [5.74, 6) is 0.441. The van der Waals surface area contributed by atoms with Crippen LogP contribution in [-0.4, -0.2) is 77.3 Å². The summed E-state index contributed by atoms with van der Waals surface area (Å²) >= 11 is 0. The maximum Gasteiger partial charge on any atom is 0.261 e. The van der Waals surface area contributed by atoms with Gasteiger partial charge in [0, 0.05) is 56.7 Å². The van der Waals surface area contributed by atoms with Crippen LogP contribution in [0.25, 0.3) is 5.65 Å². The number of pyridine rings is 1. The largest absolute Gasteiger partial charge is 0.496 e. The summed E-state index contributed by atoms with van der Waals surface area (Å²) in [4.78, 5) is 29.0. The van der Waals surface area contributed by atoms with Gasteiger partial charge in [-0.25, -0.2) is 23.3 Å². The van der Waals surface area contributed by atoms with Crippen molar-refractivity contribution in [2.75, 3.05) is 62.0 Å². The molecule has 5 heterocycles. The topological polar surface area (TPSA) is 91.1 Å². The summed E-state index contributed by atoms with van der Waals surface area (Å²) in [6.45, 7) is 4.20. The highest BCUT2D eigenvalue weighted by Crippen LogP contribution is 2.37. The van der Waals surface area contributed by atoms with Crippen molar-refractivity contribution in [3.63, 3.8) is 0 Å². The average molecular weight is 549 g/mol. The highest BCUT2D eigenvalue weighted by Gasteiger charge is 2.30. The van der Waals surface area contributed by atoms with E-state index in [4.69, 9.17) is 9.72 Å². The van der Waals surface area contributed by atoms with E-state index in [1.165, 1.54) is 25.6 Å². The number of likely N-dealkylation sites (N-methyl/N-ethyl adjacent to an activating group) is 1. The minimum atomic E-state index is -0.478. The van der Waals surface area contributed by atoms with Gasteiger partial charge in [0.2, 0.25) is 0 Å². The van der Waals surface area contributed by atoms with Gasteiger partial charge in [-0.1, -0.05) is 0 Å². The molecule has 6 rings (SSSR count). The Morgan fingerprint density at radius 3 is 2.67 bits per heavy atom. The lowest BCUT2D eigenvalue weighted by Gasteiger charge is -2.33. The molecular formula is C28H30F2N8O2. The first-order valence-corrected chi connectivity index (χ1v) is 13.3. The molecule has 2 saturated heterocycles. The zero-order chi connectivity index (χ0) is 27.8. The molecule has 10 nitrogen and oxygen atoms in total. The van der Waals surface area contributed by atoms with Gasteiger partial charge in [-0.2, -0.15) is 5.10 Å². The molecule has 208 valence electrons. The van der Waals surface area contributed by atoms with E-state index in [9.17, 15) is 13.6 Å². The van der Waals surface area contributed by atoms with Gasteiger partial charge in [0.1, 0.15) is 40.3 Å². The molecule has 1 unspecified atom stereocenters. The number of halogens is 2. The molecular weight excluding hydrogens is 518 g/mol. The predicted molar refractivity (Wildman–Crippen MR) is 147 cm³/mol. The van der Waals surface area contributed by atoms with E-state index in [1.54, 1.807) is 22.8 Å². The molecule has 0 radical (unpaired) electrons. The number of nitrogens with one attached hydrogen (secondary N) is 1. The van der Waals surface area contributed by atoms with Crippen LogP contribution in [0.2, 0.25) is 0 Å². The molecule has 2 aliphatic rings. The number of amides is 1. The number of carbonyl (C=O) groups is 1. The molecule has 12 heteroatoms. The third-order valence-corrected chi connectivity index (χ3v) is 7.61. The first-order chi connectivity index (χ1) is 19.4. The van der Waals surface area contributed by atoms with Gasteiger partial charge in [0.25, 0.3) is 5.91 Å². The highest BCUT2D eigenvalue weighted by atomic mass is 19.1. The quantitative estimate of drug-likeness (QED) is 0.390. The highest BCUT2D eigenvalue weighted by molar-refractivity contribution is 6.07. The normalized spacial score (nSPS) is 17.9. The number of carbonyl (C=O) groups excluding carboxylic acids is 1. The second kappa shape index (κ2) is 10.7. The smallest absolute Gasteiger partial charge is 0.261 e. The summed E-state index contributed by atoms with van der Waals surface area (Å²) in [6.07, 6.45) is 6.27. The predicted octanol–water partition coefficient (Wildman–Crippen LogP) is 3.76. The van der Waals surface area contributed by atoms with Gasteiger partial charge in [-0.15, -0.1) is 0 Å². The molecule has 0 saturated carbocycles. The van der Waals surface area contributed by atoms with Crippen molar-refractivity contribution >= 4 is 28.9 Å². The third-order valence-electron chi connectivity index (χ3n) is 7.61. The minimum Gasteiger partial charge on any atom is -0.496 e. The van der Waals surface area contributed by atoms with Crippen LogP contribution in [0.5, 0.6) is 5.75 Å². The van der Waals surface area contributed by atoms with Crippen LogP contribution >= 0.6 is 0 Å². The second-order valence-electron chi connectivity index (χ2n) is 10.1. The summed E-state index contributed by atoms with van der Waals surface area (Å²) in [5.41, 5.74) is 1.43. The second-order valence-corrected chi connectivity index (χ2v) is 10.1. The van der Waals surface area contributed by atoms with Crippen molar-refractivity contribution in [3.8, 4) is 5.75 Å². The number of benzene rings is 1. The van der Waals surface area contributed by atoms with Gasteiger partial charge in [-0.05, 0) is 44.2 Å². The van der Waals surface area contributed by atoms with Crippen molar-refractivity contribution < 1.29 is 18.3 Å². The number of methoxy groups -OCH3 is 1. The fourth-order valence-corrected chi connectivity index (χ4v) is 5.41. The van der Waals surface area contributed by atoms with E-state index >= 15 is 0 Å². The first kappa shape index (κ1) is 25.9. The van der Waals surface area contributed by atoms with Gasteiger partial charge in [0.15, 0.2) is 5.65 Å². The van der Waals surface area contributed by atoms with E-state index in [-0.39, 0.29) is 11.6 Å². The first-order valence-electron chi connectivity index (χ1n) is 13.3. The molecule has 0 aliphatic carbocycles. The SMILES string of the molecule is COc1cc(N2CCN(C)CC2)ncc1C(=O)Nc1cnn2ccc(N3CCCC3c3cc(F)ccc3F)nc12. The molecule has 0 spiro atoms. The Morgan fingerprint density at radius 1 is 1.05 bits per heavy atom. The maximum atomic E-state index is 14.6. The number of hydrogen-bond acceptors (Lipinski definition) is 8. The molecule has 2 fully saturated rings. The summed E-state index contributed by atoms with van der Waals surface area (Å²) < 4.78 is 35.6. The fourth-order valence-electron chi connectivity index (χ4n) is 5.41. The standard InChI is InChI=1S/C28H30F2N8O2/c1-35-10-12-36(13-11-35)26-15-24(40-2)20(16-31-26)28(39)33-22-17-32-38-9-7-25(34-27(22)38)37-8-3-4-23(37)19-14-18(29)5-6-21(19)30/h5-7,9,14-17,23H,3-4,8,10-13H2,1-2H3,(H,33,39). The molecule has 1 amide bonds. The van der Waals surface area contributed by atoms with E-state index in [1.807, 2.05) is 4.90 Å². The van der Waals surface area contributed by atoms with E-state index in [0.29, 0.717) is 41.4 Å². The molecule has 3 aromatic heterocycles. The Kier molecular flexibility index (Phi) is 6.93. The van der Waals surface area contributed by atoms with E-state index in [0.717, 1.165) is 50.6 Å². The van der Waals surface area contributed by atoms with Gasteiger partial charge >= 0.3 is 0 Å². The Labute approximate surface area is 230 Å².